The number of nitrogen functional groups attached to an aromatic ring is 1. The van der Waals surface area contributed by atoms with E-state index in [2.05, 4.69) is 32.5 Å². The van der Waals surface area contributed by atoms with Gasteiger partial charge in [-0.3, -0.25) is 0 Å². The fraction of sp³-hybridized carbons (Fsp3) is 0.538. The van der Waals surface area contributed by atoms with Gasteiger partial charge in [0.15, 0.2) is 0 Å². The molecular formula is C13H21BrFN3O2S. The van der Waals surface area contributed by atoms with Crippen LogP contribution in [-0.4, -0.2) is 39.5 Å². The smallest absolute Gasteiger partial charge is 0.241 e. The number of hydrogen-bond acceptors (Lipinski definition) is 4. The summed E-state index contributed by atoms with van der Waals surface area (Å²) in [6, 6.07) is 2.17. The molecule has 1 rings (SSSR count). The molecule has 0 aliphatic heterocycles. The molecule has 0 atom stereocenters. The van der Waals surface area contributed by atoms with E-state index in [1.807, 2.05) is 6.92 Å². The Morgan fingerprint density at radius 3 is 2.57 bits per heavy atom. The van der Waals surface area contributed by atoms with Crippen LogP contribution >= 0.6 is 15.9 Å². The van der Waals surface area contributed by atoms with Crippen LogP contribution in [-0.2, 0) is 10.0 Å². The summed E-state index contributed by atoms with van der Waals surface area (Å²) >= 11 is 3.05. The Hall–Kier alpha value is -0.700. The maximum atomic E-state index is 13.3. The molecule has 0 bridgehead atoms. The van der Waals surface area contributed by atoms with Gasteiger partial charge in [-0.15, -0.1) is 0 Å². The highest BCUT2D eigenvalue weighted by Crippen LogP contribution is 2.26. The number of rotatable bonds is 8. The van der Waals surface area contributed by atoms with Crippen molar-refractivity contribution in [2.24, 2.45) is 0 Å². The first-order valence-electron chi connectivity index (χ1n) is 6.78. The van der Waals surface area contributed by atoms with Gasteiger partial charge in [-0.2, -0.15) is 0 Å². The average Bonchev–Trinajstić information content (AvgIpc) is 2.41. The monoisotopic (exact) mass is 381 g/mol. The zero-order valence-electron chi connectivity index (χ0n) is 12.2. The second-order valence-corrected chi connectivity index (χ2v) is 7.23. The number of nitrogens with one attached hydrogen (secondary N) is 1. The van der Waals surface area contributed by atoms with Gasteiger partial charge < -0.3 is 10.6 Å². The van der Waals surface area contributed by atoms with E-state index >= 15 is 0 Å². The number of likely N-dealkylation sites (N-methyl/N-ethyl adjacent to an activating group) is 1. The predicted octanol–water partition coefficient (Wildman–Crippen LogP) is 2.18. The van der Waals surface area contributed by atoms with Crippen molar-refractivity contribution in [1.82, 2.24) is 9.62 Å². The summed E-state index contributed by atoms with van der Waals surface area (Å²) in [5.74, 6) is -0.652. The van der Waals surface area contributed by atoms with Gasteiger partial charge in [-0.25, -0.2) is 17.5 Å². The molecular weight excluding hydrogens is 361 g/mol. The van der Waals surface area contributed by atoms with E-state index in [1.165, 1.54) is 0 Å². The molecule has 0 heterocycles. The lowest BCUT2D eigenvalue weighted by atomic mass is 10.3. The highest BCUT2D eigenvalue weighted by Gasteiger charge is 2.19. The van der Waals surface area contributed by atoms with Crippen LogP contribution < -0.4 is 10.5 Å². The number of benzene rings is 1. The number of halogens is 2. The molecule has 0 unspecified atom stereocenters. The standard InChI is InChI=1S/C13H21BrFN3O2S/c1-3-6-18(4-2)7-5-17-21(19,20)13-9-12(16)11(15)8-10(13)14/h8-9,17H,3-7,16H2,1-2H3. The van der Waals surface area contributed by atoms with E-state index in [4.69, 9.17) is 5.73 Å². The molecule has 3 N–H and O–H groups in total. The molecule has 0 amide bonds. The minimum Gasteiger partial charge on any atom is -0.396 e. The van der Waals surface area contributed by atoms with Crippen LogP contribution in [0, 0.1) is 5.82 Å². The van der Waals surface area contributed by atoms with E-state index in [0.29, 0.717) is 13.1 Å². The molecule has 0 saturated heterocycles. The van der Waals surface area contributed by atoms with Crippen LogP contribution in [0.5, 0.6) is 0 Å². The minimum atomic E-state index is -3.72. The van der Waals surface area contributed by atoms with Gasteiger partial charge in [0.05, 0.1) is 10.6 Å². The summed E-state index contributed by atoms with van der Waals surface area (Å²) in [6.45, 7) is 6.80. The van der Waals surface area contributed by atoms with Crippen molar-refractivity contribution in [3.05, 3.63) is 22.4 Å². The third-order valence-electron chi connectivity index (χ3n) is 3.05. The highest BCUT2D eigenvalue weighted by molar-refractivity contribution is 9.10. The summed E-state index contributed by atoms with van der Waals surface area (Å²) in [6.07, 6.45) is 1.01. The Morgan fingerprint density at radius 1 is 1.33 bits per heavy atom. The third-order valence-corrected chi connectivity index (χ3v) is 5.47. The van der Waals surface area contributed by atoms with Crippen LogP contribution in [0.3, 0.4) is 0 Å². The topological polar surface area (TPSA) is 75.4 Å². The van der Waals surface area contributed by atoms with Gasteiger partial charge in [0.1, 0.15) is 5.82 Å². The van der Waals surface area contributed by atoms with Crippen LogP contribution in [0.15, 0.2) is 21.5 Å². The van der Waals surface area contributed by atoms with Crippen molar-refractivity contribution < 1.29 is 12.8 Å². The van der Waals surface area contributed by atoms with Crippen molar-refractivity contribution in [1.29, 1.82) is 0 Å². The lowest BCUT2D eigenvalue weighted by Crippen LogP contribution is -2.35. The first kappa shape index (κ1) is 18.3. The second-order valence-electron chi connectivity index (χ2n) is 4.64. The van der Waals surface area contributed by atoms with Crippen LogP contribution in [0.25, 0.3) is 0 Å². The number of hydrogen-bond donors (Lipinski definition) is 2. The zero-order valence-corrected chi connectivity index (χ0v) is 14.6. The summed E-state index contributed by atoms with van der Waals surface area (Å²) in [4.78, 5) is 2.09. The normalized spacial score (nSPS) is 12.0. The van der Waals surface area contributed by atoms with E-state index < -0.39 is 15.8 Å². The zero-order chi connectivity index (χ0) is 16.0. The van der Waals surface area contributed by atoms with Gasteiger partial charge in [-0.05, 0) is 47.6 Å². The second kappa shape index (κ2) is 8.07. The maximum absolute atomic E-state index is 13.3. The van der Waals surface area contributed by atoms with Crippen LogP contribution in [0.1, 0.15) is 20.3 Å². The molecule has 0 spiro atoms. The van der Waals surface area contributed by atoms with E-state index in [0.717, 1.165) is 31.6 Å². The highest BCUT2D eigenvalue weighted by atomic mass is 79.9. The minimum absolute atomic E-state index is 0.0556. The predicted molar refractivity (Wildman–Crippen MR) is 86.1 cm³/mol. The maximum Gasteiger partial charge on any atom is 0.241 e. The summed E-state index contributed by atoms with van der Waals surface area (Å²) in [5, 5.41) is 0. The molecule has 0 aliphatic rings. The number of anilines is 1. The first-order chi connectivity index (χ1) is 9.81. The fourth-order valence-electron chi connectivity index (χ4n) is 1.91. The SMILES string of the molecule is CCCN(CC)CCNS(=O)(=O)c1cc(N)c(F)cc1Br. The number of nitrogens with zero attached hydrogens (tertiary/aromatic N) is 1. The molecule has 5 nitrogen and oxygen atoms in total. The summed E-state index contributed by atoms with van der Waals surface area (Å²) < 4.78 is 40.3. The van der Waals surface area contributed by atoms with Crippen LogP contribution in [0.2, 0.25) is 0 Å². The molecule has 21 heavy (non-hydrogen) atoms. The Morgan fingerprint density at radius 2 is 2.00 bits per heavy atom. The summed E-state index contributed by atoms with van der Waals surface area (Å²) in [5.41, 5.74) is 5.23. The van der Waals surface area contributed by atoms with Gasteiger partial charge in [-0.1, -0.05) is 13.8 Å². The molecule has 1 aromatic rings. The quantitative estimate of drug-likeness (QED) is 0.676. The van der Waals surface area contributed by atoms with Gasteiger partial charge in [0.25, 0.3) is 0 Å². The summed E-state index contributed by atoms with van der Waals surface area (Å²) in [7, 11) is -3.72. The van der Waals surface area contributed by atoms with E-state index in [9.17, 15) is 12.8 Å². The molecule has 1 aromatic carbocycles. The number of nitrogens with two attached hydrogens (primary N) is 1. The van der Waals surface area contributed by atoms with Crippen molar-refractivity contribution in [3.8, 4) is 0 Å². The molecule has 8 heteroatoms. The third kappa shape index (κ3) is 5.21. The Kier molecular flexibility index (Phi) is 7.05. The largest absolute Gasteiger partial charge is 0.396 e. The van der Waals surface area contributed by atoms with Crippen molar-refractivity contribution >= 4 is 31.6 Å². The van der Waals surface area contributed by atoms with E-state index in [-0.39, 0.29) is 15.1 Å². The average molecular weight is 382 g/mol. The Labute approximate surface area is 133 Å². The molecule has 120 valence electrons. The lowest BCUT2D eigenvalue weighted by Gasteiger charge is -2.19. The molecule has 0 saturated carbocycles. The Bertz CT molecular complexity index is 581. The van der Waals surface area contributed by atoms with Crippen molar-refractivity contribution in [2.75, 3.05) is 31.9 Å². The molecule has 0 aliphatic carbocycles. The molecule has 0 fully saturated rings. The van der Waals surface area contributed by atoms with Crippen molar-refractivity contribution in [3.63, 3.8) is 0 Å². The van der Waals surface area contributed by atoms with Gasteiger partial charge >= 0.3 is 0 Å². The number of sulfonamides is 1. The Balaban J connectivity index is 2.76. The van der Waals surface area contributed by atoms with Gasteiger partial charge in [0, 0.05) is 17.6 Å². The molecule has 0 radical (unpaired) electrons. The fourth-order valence-corrected chi connectivity index (χ4v) is 3.98. The van der Waals surface area contributed by atoms with Crippen molar-refractivity contribution in [2.45, 2.75) is 25.2 Å². The lowest BCUT2D eigenvalue weighted by molar-refractivity contribution is 0.293. The first-order valence-corrected chi connectivity index (χ1v) is 9.06. The van der Waals surface area contributed by atoms with E-state index in [1.54, 1.807) is 0 Å². The van der Waals surface area contributed by atoms with Gasteiger partial charge in [0.2, 0.25) is 10.0 Å². The molecule has 0 aromatic heterocycles. The van der Waals surface area contributed by atoms with Crippen LogP contribution in [0.4, 0.5) is 10.1 Å².